The highest BCUT2D eigenvalue weighted by Crippen LogP contribution is 2.16. The van der Waals surface area contributed by atoms with E-state index in [0.717, 1.165) is 11.3 Å². The first-order valence-corrected chi connectivity index (χ1v) is 9.65. The molecule has 0 aliphatic heterocycles. The molecule has 0 fully saturated rings. The van der Waals surface area contributed by atoms with Crippen LogP contribution in [-0.2, 0) is 11.3 Å². The van der Waals surface area contributed by atoms with E-state index in [0.29, 0.717) is 24.2 Å². The van der Waals surface area contributed by atoms with Crippen molar-refractivity contribution in [3.63, 3.8) is 0 Å². The predicted octanol–water partition coefficient (Wildman–Crippen LogP) is 5.39. The van der Waals surface area contributed by atoms with Crippen LogP contribution in [0.1, 0.15) is 45.2 Å². The molecule has 4 nitrogen and oxygen atoms in total. The maximum absolute atomic E-state index is 12.5. The highest BCUT2D eigenvalue weighted by atomic mass is 16.5. The van der Waals surface area contributed by atoms with Crippen LogP contribution in [0.3, 0.4) is 0 Å². The number of aryl methyl sites for hydroxylation is 1. The van der Waals surface area contributed by atoms with Crippen LogP contribution in [0.2, 0.25) is 0 Å². The van der Waals surface area contributed by atoms with Crippen molar-refractivity contribution in [2.45, 2.75) is 33.0 Å². The first-order valence-electron chi connectivity index (χ1n) is 9.65. The molecule has 0 bridgehead atoms. The second-order valence-corrected chi connectivity index (χ2v) is 6.83. The Labute approximate surface area is 171 Å². The van der Waals surface area contributed by atoms with E-state index in [2.05, 4.69) is 0 Å². The number of hydrogen-bond donors (Lipinski definition) is 0. The van der Waals surface area contributed by atoms with Crippen molar-refractivity contribution in [1.82, 2.24) is 0 Å². The summed E-state index contributed by atoms with van der Waals surface area (Å²) in [5.74, 6) is 0.0981. The van der Waals surface area contributed by atoms with Gasteiger partial charge in [0, 0.05) is 5.56 Å². The highest BCUT2D eigenvalue weighted by Gasteiger charge is 2.23. The molecule has 0 aliphatic rings. The Bertz CT molecular complexity index is 944. The van der Waals surface area contributed by atoms with Crippen molar-refractivity contribution < 1.29 is 19.1 Å². The molecule has 0 amide bonds. The van der Waals surface area contributed by atoms with Crippen LogP contribution in [0.4, 0.5) is 0 Å². The van der Waals surface area contributed by atoms with Gasteiger partial charge in [0.05, 0.1) is 5.56 Å². The number of hydrogen-bond acceptors (Lipinski definition) is 4. The van der Waals surface area contributed by atoms with Gasteiger partial charge in [0.15, 0.2) is 6.10 Å². The summed E-state index contributed by atoms with van der Waals surface area (Å²) in [6.07, 6.45) is -0.378. The van der Waals surface area contributed by atoms with Gasteiger partial charge in [-0.15, -0.1) is 0 Å². The van der Waals surface area contributed by atoms with Crippen molar-refractivity contribution in [2.75, 3.05) is 0 Å². The van der Waals surface area contributed by atoms with Crippen molar-refractivity contribution in [1.29, 1.82) is 0 Å². The zero-order chi connectivity index (χ0) is 20.6. The molecule has 0 aliphatic carbocycles. The third-order valence-electron chi connectivity index (χ3n) is 4.59. The molecule has 0 saturated heterocycles. The molecule has 4 heteroatoms. The van der Waals surface area contributed by atoms with Crippen molar-refractivity contribution in [3.05, 3.63) is 101 Å². The van der Waals surface area contributed by atoms with Gasteiger partial charge in [0.1, 0.15) is 12.4 Å². The van der Waals surface area contributed by atoms with Crippen molar-refractivity contribution in [2.24, 2.45) is 0 Å². The number of esters is 1. The second-order valence-electron chi connectivity index (χ2n) is 6.83. The van der Waals surface area contributed by atoms with Gasteiger partial charge in [-0.05, 0) is 43.2 Å². The minimum Gasteiger partial charge on any atom is -0.489 e. The zero-order valence-corrected chi connectivity index (χ0v) is 16.6. The average Bonchev–Trinajstić information content (AvgIpc) is 2.77. The smallest absolute Gasteiger partial charge is 0.338 e. The first-order chi connectivity index (χ1) is 14.1. The number of carbonyl (C=O) groups excluding carboxylic acids is 2. The number of benzene rings is 3. The topological polar surface area (TPSA) is 52.6 Å². The zero-order valence-electron chi connectivity index (χ0n) is 16.6. The molecule has 0 N–H and O–H groups in total. The van der Waals surface area contributed by atoms with Crippen LogP contribution in [0, 0.1) is 6.92 Å². The lowest BCUT2D eigenvalue weighted by Crippen LogP contribution is -2.26. The van der Waals surface area contributed by atoms with E-state index in [1.54, 1.807) is 36.4 Å². The molecule has 3 rings (SSSR count). The summed E-state index contributed by atoms with van der Waals surface area (Å²) in [6, 6.07) is 23.7. The fourth-order valence-electron chi connectivity index (χ4n) is 2.85. The lowest BCUT2D eigenvalue weighted by Gasteiger charge is -2.15. The van der Waals surface area contributed by atoms with Gasteiger partial charge < -0.3 is 9.47 Å². The largest absolute Gasteiger partial charge is 0.489 e. The average molecular weight is 388 g/mol. The molecule has 148 valence electrons. The standard InChI is InChI=1S/C25H24O4/c1-3-23(24(26)20-7-5-4-6-8-20)29-25(27)21-13-11-19(12-14-21)17-28-22-15-9-18(2)10-16-22/h4-16,23H,3,17H2,1-2H3/t23-/m0/s1. The van der Waals surface area contributed by atoms with E-state index >= 15 is 0 Å². The molecule has 0 spiro atoms. The van der Waals surface area contributed by atoms with Gasteiger partial charge in [-0.3, -0.25) is 4.79 Å². The molecule has 0 saturated carbocycles. The fourth-order valence-corrected chi connectivity index (χ4v) is 2.85. The molecule has 29 heavy (non-hydrogen) atoms. The summed E-state index contributed by atoms with van der Waals surface area (Å²) in [5, 5.41) is 0. The molecule has 0 aromatic heterocycles. The number of rotatable bonds is 8. The monoisotopic (exact) mass is 388 g/mol. The first kappa shape index (κ1) is 20.3. The number of ether oxygens (including phenoxy) is 2. The fraction of sp³-hybridized carbons (Fsp3) is 0.200. The third kappa shape index (κ3) is 5.55. The third-order valence-corrected chi connectivity index (χ3v) is 4.59. The number of Topliss-reactive ketones (excluding diaryl/α,β-unsaturated/α-hetero) is 1. The summed E-state index contributed by atoms with van der Waals surface area (Å²) >= 11 is 0. The Morgan fingerprint density at radius 3 is 2.10 bits per heavy atom. The van der Waals surface area contributed by atoms with Gasteiger partial charge in [-0.1, -0.05) is 67.1 Å². The maximum Gasteiger partial charge on any atom is 0.338 e. The van der Waals surface area contributed by atoms with Gasteiger partial charge in [-0.2, -0.15) is 0 Å². The molecule has 0 radical (unpaired) electrons. The molecule has 0 unspecified atom stereocenters. The highest BCUT2D eigenvalue weighted by molar-refractivity contribution is 6.01. The van der Waals surface area contributed by atoms with Gasteiger partial charge in [0.2, 0.25) is 5.78 Å². The summed E-state index contributed by atoms with van der Waals surface area (Å²) < 4.78 is 11.2. The molecule has 3 aromatic rings. The quantitative estimate of drug-likeness (QED) is 0.383. The van der Waals surface area contributed by atoms with Gasteiger partial charge in [-0.25, -0.2) is 4.79 Å². The Balaban J connectivity index is 1.59. The van der Waals surface area contributed by atoms with Crippen molar-refractivity contribution in [3.8, 4) is 5.75 Å². The van der Waals surface area contributed by atoms with Crippen LogP contribution in [0.5, 0.6) is 5.75 Å². The Kier molecular flexibility index (Phi) is 6.80. The van der Waals surface area contributed by atoms with Gasteiger partial charge in [0.25, 0.3) is 0 Å². The van der Waals surface area contributed by atoms with E-state index in [1.165, 1.54) is 5.56 Å². The van der Waals surface area contributed by atoms with Crippen molar-refractivity contribution >= 4 is 11.8 Å². The Morgan fingerprint density at radius 2 is 1.48 bits per heavy atom. The molecule has 3 aromatic carbocycles. The van der Waals surface area contributed by atoms with Crippen LogP contribution in [-0.4, -0.2) is 17.9 Å². The van der Waals surface area contributed by atoms with Crippen LogP contribution < -0.4 is 4.74 Å². The maximum atomic E-state index is 12.5. The van der Waals surface area contributed by atoms with E-state index < -0.39 is 12.1 Å². The van der Waals surface area contributed by atoms with Crippen LogP contribution in [0.15, 0.2) is 78.9 Å². The number of carbonyl (C=O) groups is 2. The van der Waals surface area contributed by atoms with E-state index in [-0.39, 0.29) is 5.78 Å². The van der Waals surface area contributed by atoms with E-state index in [9.17, 15) is 9.59 Å². The summed E-state index contributed by atoms with van der Waals surface area (Å²) in [6.45, 7) is 4.25. The van der Waals surface area contributed by atoms with Gasteiger partial charge >= 0.3 is 5.97 Å². The summed E-state index contributed by atoms with van der Waals surface area (Å²) in [4.78, 5) is 25.0. The van der Waals surface area contributed by atoms with Crippen LogP contribution in [0.25, 0.3) is 0 Å². The normalized spacial score (nSPS) is 11.5. The summed E-state index contributed by atoms with van der Waals surface area (Å²) in [5.41, 5.74) is 3.06. The molecular formula is C25H24O4. The van der Waals surface area contributed by atoms with E-state index in [1.807, 2.05) is 56.3 Å². The molecule has 1 atom stereocenters. The minimum atomic E-state index is -0.797. The summed E-state index contributed by atoms with van der Waals surface area (Å²) in [7, 11) is 0. The Hall–Kier alpha value is -3.40. The lowest BCUT2D eigenvalue weighted by molar-refractivity contribution is 0.0277. The number of ketones is 1. The molecular weight excluding hydrogens is 364 g/mol. The lowest BCUT2D eigenvalue weighted by atomic mass is 10.0. The van der Waals surface area contributed by atoms with Crippen LogP contribution >= 0.6 is 0 Å². The molecule has 0 heterocycles. The SMILES string of the molecule is CC[C@H](OC(=O)c1ccc(COc2ccc(C)cc2)cc1)C(=O)c1ccccc1. The minimum absolute atomic E-state index is 0.190. The predicted molar refractivity (Wildman–Crippen MR) is 112 cm³/mol. The van der Waals surface area contributed by atoms with E-state index in [4.69, 9.17) is 9.47 Å². The second kappa shape index (κ2) is 9.69. The Morgan fingerprint density at radius 1 is 0.828 bits per heavy atom.